The van der Waals surface area contributed by atoms with Crippen LogP contribution in [0, 0.1) is 0 Å². The molecule has 0 spiro atoms. The third kappa shape index (κ3) is 5.43. The van der Waals surface area contributed by atoms with E-state index in [2.05, 4.69) is 9.72 Å². The first-order valence-electron chi connectivity index (χ1n) is 5.87. The van der Waals surface area contributed by atoms with Crippen LogP contribution < -0.4 is 4.74 Å². The number of pyridine rings is 1. The Balaban J connectivity index is 0.00000137. The Hall–Kier alpha value is -1.91. The Morgan fingerprint density at radius 2 is 1.94 bits per heavy atom. The Bertz CT molecular complexity index is 390. The summed E-state index contributed by atoms with van der Waals surface area (Å²) in [6.07, 6.45) is -0.298. The van der Waals surface area contributed by atoms with Gasteiger partial charge in [-0.15, -0.1) is 0 Å². The summed E-state index contributed by atoms with van der Waals surface area (Å²) in [4.78, 5) is 26.6. The van der Waals surface area contributed by atoms with Crippen molar-refractivity contribution in [2.24, 2.45) is 0 Å². The first kappa shape index (κ1) is 16.1. The third-order valence-corrected chi connectivity index (χ3v) is 1.83. The van der Waals surface area contributed by atoms with Gasteiger partial charge in [0.15, 0.2) is 5.78 Å². The lowest BCUT2D eigenvalue weighted by Gasteiger charge is -2.02. The number of carbonyl (C=O) groups is 2. The monoisotopic (exact) mass is 253 g/mol. The molecule has 0 aromatic carbocycles. The second kappa shape index (κ2) is 9.15. The van der Waals surface area contributed by atoms with Crippen molar-refractivity contribution in [3.8, 4) is 5.88 Å². The molecular weight excluding hydrogens is 234 g/mol. The topological polar surface area (TPSA) is 65.5 Å². The van der Waals surface area contributed by atoms with Gasteiger partial charge in [-0.25, -0.2) is 4.98 Å². The first-order chi connectivity index (χ1) is 8.67. The minimum Gasteiger partial charge on any atom is -0.481 e. The molecule has 0 aliphatic carbocycles. The summed E-state index contributed by atoms with van der Waals surface area (Å²) in [7, 11) is 1.46. The van der Waals surface area contributed by atoms with E-state index in [0.717, 1.165) is 0 Å². The highest BCUT2D eigenvalue weighted by atomic mass is 16.5. The van der Waals surface area contributed by atoms with Gasteiger partial charge >= 0.3 is 5.97 Å². The van der Waals surface area contributed by atoms with Crippen LogP contribution in [0.3, 0.4) is 0 Å². The molecule has 1 aromatic rings. The van der Waals surface area contributed by atoms with Gasteiger partial charge in [-0.2, -0.15) is 0 Å². The van der Waals surface area contributed by atoms with Crippen LogP contribution in [0.15, 0.2) is 18.2 Å². The lowest BCUT2D eigenvalue weighted by Crippen LogP contribution is -2.12. The van der Waals surface area contributed by atoms with Gasteiger partial charge in [0.05, 0.1) is 13.7 Å². The molecule has 0 N–H and O–H groups in total. The normalized spacial score (nSPS) is 8.89. The summed E-state index contributed by atoms with van der Waals surface area (Å²) in [5.41, 5.74) is 0.201. The van der Waals surface area contributed by atoms with Crippen molar-refractivity contribution in [3.05, 3.63) is 23.9 Å². The molecule has 0 saturated heterocycles. The molecule has 0 atom stereocenters. The molecule has 0 bridgehead atoms. The van der Waals surface area contributed by atoms with Crippen LogP contribution in [0.25, 0.3) is 0 Å². The van der Waals surface area contributed by atoms with Gasteiger partial charge in [0.1, 0.15) is 12.1 Å². The van der Waals surface area contributed by atoms with Gasteiger partial charge in [-0.1, -0.05) is 19.9 Å². The predicted octanol–water partition coefficient (Wildman–Crippen LogP) is 2.25. The van der Waals surface area contributed by atoms with E-state index in [9.17, 15) is 9.59 Å². The van der Waals surface area contributed by atoms with E-state index in [-0.39, 0.29) is 24.5 Å². The highest BCUT2D eigenvalue weighted by Gasteiger charge is 2.14. The summed E-state index contributed by atoms with van der Waals surface area (Å²) in [5, 5.41) is 0. The number of hydrogen-bond donors (Lipinski definition) is 0. The average molecular weight is 253 g/mol. The number of methoxy groups -OCH3 is 1. The first-order valence-corrected chi connectivity index (χ1v) is 5.87. The summed E-state index contributed by atoms with van der Waals surface area (Å²) in [6, 6.07) is 4.80. The van der Waals surface area contributed by atoms with Crippen molar-refractivity contribution in [2.45, 2.75) is 27.2 Å². The summed E-state index contributed by atoms with van der Waals surface area (Å²) >= 11 is 0. The number of carbonyl (C=O) groups excluding carboxylic acids is 2. The Labute approximate surface area is 107 Å². The number of esters is 1. The molecule has 5 heteroatoms. The van der Waals surface area contributed by atoms with Crippen LogP contribution in [0.5, 0.6) is 5.88 Å². The second-order valence-electron chi connectivity index (χ2n) is 2.97. The van der Waals surface area contributed by atoms with E-state index < -0.39 is 5.97 Å². The number of ketones is 1. The van der Waals surface area contributed by atoms with Crippen LogP contribution in [-0.4, -0.2) is 30.5 Å². The maximum atomic E-state index is 11.6. The SMILES string of the molecule is CC.CCOC(=O)CC(=O)c1cccc(OC)n1. The zero-order chi connectivity index (χ0) is 14.0. The van der Waals surface area contributed by atoms with Crippen LogP contribution >= 0.6 is 0 Å². The van der Waals surface area contributed by atoms with Crippen molar-refractivity contribution < 1.29 is 19.1 Å². The largest absolute Gasteiger partial charge is 0.481 e. The molecule has 5 nitrogen and oxygen atoms in total. The smallest absolute Gasteiger partial charge is 0.313 e. The fraction of sp³-hybridized carbons (Fsp3) is 0.462. The van der Waals surface area contributed by atoms with Crippen molar-refractivity contribution in [1.82, 2.24) is 4.98 Å². The molecule has 0 aliphatic rings. The van der Waals surface area contributed by atoms with Gasteiger partial charge in [-0.05, 0) is 13.0 Å². The van der Waals surface area contributed by atoms with Crippen LogP contribution in [0.4, 0.5) is 0 Å². The molecule has 1 aromatic heterocycles. The molecule has 1 rings (SSSR count). The molecule has 1 heterocycles. The molecular formula is C13H19NO4. The number of nitrogens with zero attached hydrogens (tertiary/aromatic N) is 1. The maximum Gasteiger partial charge on any atom is 0.313 e. The van der Waals surface area contributed by atoms with E-state index in [1.165, 1.54) is 13.2 Å². The summed E-state index contributed by atoms with van der Waals surface area (Å²) < 4.78 is 9.55. The zero-order valence-electron chi connectivity index (χ0n) is 11.2. The Morgan fingerprint density at radius 3 is 2.50 bits per heavy atom. The van der Waals surface area contributed by atoms with Gasteiger partial charge in [-0.3, -0.25) is 9.59 Å². The molecule has 100 valence electrons. The standard InChI is InChI=1S/C11H13NO4.C2H6/c1-3-16-11(14)7-9(13)8-5-4-6-10(12-8)15-2;1-2/h4-6H,3,7H2,1-2H3;1-2H3. The van der Waals surface area contributed by atoms with E-state index >= 15 is 0 Å². The van der Waals surface area contributed by atoms with Crippen LogP contribution in [0.1, 0.15) is 37.7 Å². The number of Topliss-reactive ketones (excluding diaryl/α,β-unsaturated/α-hetero) is 1. The summed E-state index contributed by atoms with van der Waals surface area (Å²) in [5.74, 6) is -0.579. The highest BCUT2D eigenvalue weighted by Crippen LogP contribution is 2.08. The predicted molar refractivity (Wildman–Crippen MR) is 67.7 cm³/mol. The van der Waals surface area contributed by atoms with Gasteiger partial charge in [0.25, 0.3) is 0 Å². The molecule has 0 fully saturated rings. The molecule has 0 aliphatic heterocycles. The van der Waals surface area contributed by atoms with Crippen LogP contribution in [0.2, 0.25) is 0 Å². The Kier molecular flexibility index (Phi) is 8.18. The lowest BCUT2D eigenvalue weighted by molar-refractivity contribution is -0.141. The minimum absolute atomic E-state index is 0.201. The van der Waals surface area contributed by atoms with E-state index in [1.54, 1.807) is 19.1 Å². The number of hydrogen-bond acceptors (Lipinski definition) is 5. The summed E-state index contributed by atoms with van der Waals surface area (Å²) in [6.45, 7) is 5.95. The average Bonchev–Trinajstić information content (AvgIpc) is 2.41. The number of aromatic nitrogens is 1. The van der Waals surface area contributed by atoms with Gasteiger partial charge < -0.3 is 9.47 Å². The fourth-order valence-corrected chi connectivity index (χ4v) is 1.12. The minimum atomic E-state index is -0.544. The molecule has 18 heavy (non-hydrogen) atoms. The molecule has 0 saturated carbocycles. The van der Waals surface area contributed by atoms with Crippen molar-refractivity contribution in [2.75, 3.05) is 13.7 Å². The quantitative estimate of drug-likeness (QED) is 0.457. The van der Waals surface area contributed by atoms with E-state index in [0.29, 0.717) is 5.88 Å². The van der Waals surface area contributed by atoms with Crippen molar-refractivity contribution >= 4 is 11.8 Å². The van der Waals surface area contributed by atoms with Gasteiger partial charge in [0, 0.05) is 6.07 Å². The molecule has 0 unspecified atom stereocenters. The molecule has 0 radical (unpaired) electrons. The van der Waals surface area contributed by atoms with E-state index in [1.807, 2.05) is 13.8 Å². The van der Waals surface area contributed by atoms with Crippen molar-refractivity contribution in [3.63, 3.8) is 0 Å². The zero-order valence-corrected chi connectivity index (χ0v) is 11.2. The third-order valence-electron chi connectivity index (χ3n) is 1.83. The van der Waals surface area contributed by atoms with Crippen molar-refractivity contribution in [1.29, 1.82) is 0 Å². The van der Waals surface area contributed by atoms with Gasteiger partial charge in [0.2, 0.25) is 5.88 Å². The number of rotatable bonds is 5. The van der Waals surface area contributed by atoms with Crippen LogP contribution in [-0.2, 0) is 9.53 Å². The lowest BCUT2D eigenvalue weighted by atomic mass is 10.2. The fourth-order valence-electron chi connectivity index (χ4n) is 1.12. The highest BCUT2D eigenvalue weighted by molar-refractivity contribution is 6.04. The maximum absolute atomic E-state index is 11.6. The molecule has 0 amide bonds. The second-order valence-corrected chi connectivity index (χ2v) is 2.97. The Morgan fingerprint density at radius 1 is 1.28 bits per heavy atom. The van der Waals surface area contributed by atoms with E-state index in [4.69, 9.17) is 4.74 Å². The number of ether oxygens (including phenoxy) is 2.